The van der Waals surface area contributed by atoms with Crippen LogP contribution < -0.4 is 11.2 Å². The van der Waals surface area contributed by atoms with Crippen LogP contribution in [0.25, 0.3) is 11.2 Å². The fourth-order valence-corrected chi connectivity index (χ4v) is 4.51. The van der Waals surface area contributed by atoms with Crippen LogP contribution in [0.1, 0.15) is 43.5 Å². The summed E-state index contributed by atoms with van der Waals surface area (Å²) in [6.45, 7) is -0.693. The van der Waals surface area contributed by atoms with E-state index < -0.39 is 54.3 Å². The first-order valence-electron chi connectivity index (χ1n) is 10.8. The van der Waals surface area contributed by atoms with E-state index in [-0.39, 0.29) is 53.7 Å². The Morgan fingerprint density at radius 2 is 1.79 bits per heavy atom. The normalized spacial score (nSPS) is 17.4. The van der Waals surface area contributed by atoms with Crippen molar-refractivity contribution in [3.8, 4) is 0 Å². The van der Waals surface area contributed by atoms with Gasteiger partial charge in [-0.2, -0.15) is 0 Å². The molecule has 1 aromatic carbocycles. The molecule has 0 unspecified atom stereocenters. The molecule has 0 radical (unpaired) electrons. The van der Waals surface area contributed by atoms with E-state index in [4.69, 9.17) is 16.7 Å². The predicted molar refractivity (Wildman–Crippen MR) is 118 cm³/mol. The first kappa shape index (κ1) is 24.5. The van der Waals surface area contributed by atoms with E-state index >= 15 is 4.39 Å². The molecule has 0 saturated heterocycles. The predicted octanol–water partition coefficient (Wildman–Crippen LogP) is 3.49. The van der Waals surface area contributed by atoms with Crippen molar-refractivity contribution in [2.75, 3.05) is 6.61 Å². The smallest absolute Gasteiger partial charge is 0.332 e. The number of halogens is 5. The molecule has 3 aromatic rings. The molecule has 1 aliphatic carbocycles. The maximum Gasteiger partial charge on any atom is 0.332 e. The molecule has 2 aromatic heterocycles. The minimum Gasteiger partial charge on any atom is -0.396 e. The molecule has 1 saturated carbocycles. The lowest BCUT2D eigenvalue weighted by molar-refractivity contribution is -0.0803. The lowest BCUT2D eigenvalue weighted by Crippen LogP contribution is -2.40. The van der Waals surface area contributed by atoms with Gasteiger partial charge < -0.3 is 9.67 Å². The molecule has 0 atom stereocenters. The largest absolute Gasteiger partial charge is 0.396 e. The van der Waals surface area contributed by atoms with Gasteiger partial charge in [-0.15, -0.1) is 0 Å². The first-order valence-corrected chi connectivity index (χ1v) is 11.2. The van der Waals surface area contributed by atoms with Crippen molar-refractivity contribution in [2.45, 2.75) is 56.8 Å². The van der Waals surface area contributed by atoms with Crippen molar-refractivity contribution in [1.82, 2.24) is 18.7 Å². The molecule has 0 amide bonds. The van der Waals surface area contributed by atoms with Crippen LogP contribution in [-0.2, 0) is 25.8 Å². The number of benzene rings is 1. The Morgan fingerprint density at radius 3 is 2.41 bits per heavy atom. The maximum atomic E-state index is 16.1. The Kier molecular flexibility index (Phi) is 6.36. The summed E-state index contributed by atoms with van der Waals surface area (Å²) in [7, 11) is 1.35. The number of aliphatic hydroxyl groups excluding tert-OH is 1. The summed E-state index contributed by atoms with van der Waals surface area (Å²) in [5, 5.41) is 9.28. The summed E-state index contributed by atoms with van der Waals surface area (Å²) >= 11 is 5.83. The zero-order valence-electron chi connectivity index (χ0n) is 18.3. The molecule has 2 heterocycles. The molecule has 1 N–H and O–H groups in total. The van der Waals surface area contributed by atoms with Gasteiger partial charge in [0.05, 0.1) is 6.54 Å². The monoisotopic (exact) mass is 502 g/mol. The Bertz CT molecular complexity index is 1350. The molecule has 34 heavy (non-hydrogen) atoms. The summed E-state index contributed by atoms with van der Waals surface area (Å²) in [5.41, 5.74) is -4.02. The van der Waals surface area contributed by atoms with Gasteiger partial charge in [-0.25, -0.2) is 27.3 Å². The van der Waals surface area contributed by atoms with E-state index in [0.717, 1.165) is 15.2 Å². The van der Waals surface area contributed by atoms with Gasteiger partial charge in [-0.3, -0.25) is 13.9 Å². The van der Waals surface area contributed by atoms with E-state index in [2.05, 4.69) is 4.98 Å². The highest BCUT2D eigenvalue weighted by molar-refractivity contribution is 6.30. The number of alkyl halides is 3. The molecule has 1 aliphatic rings. The number of nitrogens with zero attached hydrogens (tertiary/aromatic N) is 4. The average molecular weight is 503 g/mol. The lowest BCUT2D eigenvalue weighted by Gasteiger charge is -2.33. The molecule has 7 nitrogen and oxygen atoms in total. The van der Waals surface area contributed by atoms with Crippen molar-refractivity contribution in [2.24, 2.45) is 7.05 Å². The fraction of sp³-hybridized carbons (Fsp3) is 0.500. The maximum absolute atomic E-state index is 16.1. The summed E-state index contributed by atoms with van der Waals surface area (Å²) < 4.78 is 61.4. The average Bonchev–Trinajstić information content (AvgIpc) is 3.17. The van der Waals surface area contributed by atoms with Gasteiger partial charge in [-0.05, 0) is 31.4 Å². The van der Waals surface area contributed by atoms with E-state index in [1.165, 1.54) is 23.7 Å². The quantitative estimate of drug-likeness (QED) is 0.523. The SMILES string of the molecule is Cn1c(=O)n(CCCO)c(=O)c2c1nc(C1(F)CCC(F)(F)CC1)n2Cc1ccc(Cl)cc1F. The number of aromatic nitrogens is 4. The molecule has 0 spiro atoms. The first-order chi connectivity index (χ1) is 16.0. The number of aliphatic hydroxyl groups is 1. The van der Waals surface area contributed by atoms with Crippen molar-refractivity contribution in [3.63, 3.8) is 0 Å². The summed E-state index contributed by atoms with van der Waals surface area (Å²) in [5.74, 6) is -4.02. The molecular weight excluding hydrogens is 480 g/mol. The van der Waals surface area contributed by atoms with Crippen LogP contribution in [0.3, 0.4) is 0 Å². The topological polar surface area (TPSA) is 82.0 Å². The van der Waals surface area contributed by atoms with Gasteiger partial charge >= 0.3 is 5.69 Å². The molecule has 0 aliphatic heterocycles. The standard InChI is InChI=1S/C22H23ClF4N4O3/c1-29-17-16(18(33)30(20(29)34)9-2-10-32)31(12-13-3-4-14(23)11-15(13)24)19(28-17)21(25)5-7-22(26,27)8-6-21/h3-4,11,32H,2,5-10,12H2,1H3. The minimum absolute atomic E-state index is 0.0739. The van der Waals surface area contributed by atoms with Crippen LogP contribution in [-0.4, -0.2) is 36.3 Å². The van der Waals surface area contributed by atoms with Crippen molar-refractivity contribution >= 4 is 22.8 Å². The summed E-state index contributed by atoms with van der Waals surface area (Å²) in [6.07, 6.45) is -2.38. The third-order valence-corrected chi connectivity index (χ3v) is 6.53. The number of hydrogen-bond donors (Lipinski definition) is 1. The van der Waals surface area contributed by atoms with E-state index in [9.17, 15) is 22.8 Å². The Labute approximate surface area is 196 Å². The third kappa shape index (κ3) is 4.26. The number of fused-ring (bicyclic) bond motifs is 1. The highest BCUT2D eigenvalue weighted by Gasteiger charge is 2.48. The lowest BCUT2D eigenvalue weighted by atomic mass is 9.83. The van der Waals surface area contributed by atoms with Crippen molar-refractivity contribution < 1.29 is 22.7 Å². The Balaban J connectivity index is 1.98. The van der Waals surface area contributed by atoms with Crippen LogP contribution >= 0.6 is 11.6 Å². The number of aryl methyl sites for hydroxylation is 1. The van der Waals surface area contributed by atoms with Gasteiger partial charge in [0.1, 0.15) is 11.6 Å². The zero-order valence-corrected chi connectivity index (χ0v) is 19.1. The second-order valence-electron chi connectivity index (χ2n) is 8.63. The van der Waals surface area contributed by atoms with Crippen LogP contribution in [0.4, 0.5) is 17.6 Å². The van der Waals surface area contributed by atoms with Gasteiger partial charge in [-0.1, -0.05) is 17.7 Å². The fourth-order valence-electron chi connectivity index (χ4n) is 4.35. The highest BCUT2D eigenvalue weighted by Crippen LogP contribution is 2.46. The van der Waals surface area contributed by atoms with Gasteiger partial charge in [0, 0.05) is 43.6 Å². The van der Waals surface area contributed by atoms with Crippen LogP contribution in [0.2, 0.25) is 5.02 Å². The molecular formula is C22H23ClF4N4O3. The van der Waals surface area contributed by atoms with E-state index in [0.29, 0.717) is 0 Å². The van der Waals surface area contributed by atoms with Crippen molar-refractivity contribution in [1.29, 1.82) is 0 Å². The van der Waals surface area contributed by atoms with Crippen LogP contribution in [0.5, 0.6) is 0 Å². The number of rotatable bonds is 6. The third-order valence-electron chi connectivity index (χ3n) is 6.29. The summed E-state index contributed by atoms with van der Waals surface area (Å²) in [6, 6.07) is 3.87. The Morgan fingerprint density at radius 1 is 1.12 bits per heavy atom. The Hall–Kier alpha value is -2.66. The second-order valence-corrected chi connectivity index (χ2v) is 9.06. The van der Waals surface area contributed by atoms with E-state index in [1.54, 1.807) is 0 Å². The minimum atomic E-state index is -3.02. The molecule has 1 fully saturated rings. The van der Waals surface area contributed by atoms with E-state index in [1.807, 2.05) is 0 Å². The van der Waals surface area contributed by atoms with Gasteiger partial charge in [0.15, 0.2) is 16.8 Å². The van der Waals surface area contributed by atoms with Gasteiger partial charge in [0.2, 0.25) is 5.92 Å². The van der Waals surface area contributed by atoms with Crippen molar-refractivity contribution in [3.05, 3.63) is 61.3 Å². The molecule has 4 rings (SSSR count). The molecule has 12 heteroatoms. The van der Waals surface area contributed by atoms with Crippen LogP contribution in [0, 0.1) is 5.82 Å². The summed E-state index contributed by atoms with van der Waals surface area (Å²) in [4.78, 5) is 30.3. The molecule has 184 valence electrons. The van der Waals surface area contributed by atoms with Crippen LogP contribution in [0.15, 0.2) is 27.8 Å². The second kappa shape index (κ2) is 8.84. The van der Waals surface area contributed by atoms with Gasteiger partial charge in [0.25, 0.3) is 5.56 Å². The molecule has 0 bridgehead atoms. The number of imidazole rings is 1. The highest BCUT2D eigenvalue weighted by atomic mass is 35.5. The zero-order chi connectivity index (χ0) is 24.8. The number of hydrogen-bond acceptors (Lipinski definition) is 4.